The topological polar surface area (TPSA) is 83.8 Å². The molecule has 3 rings (SSSR count). The molecule has 5 heteroatoms. The number of ether oxygens (including phenoxy) is 1. The number of aliphatic hydroxyl groups is 1. The molecule has 0 aliphatic heterocycles. The first-order chi connectivity index (χ1) is 14.0. The predicted octanol–water partition coefficient (Wildman–Crippen LogP) is 4.61. The van der Waals surface area contributed by atoms with Crippen LogP contribution >= 0.6 is 0 Å². The Morgan fingerprint density at radius 3 is 2.59 bits per heavy atom. The molecule has 0 radical (unpaired) electrons. The van der Waals surface area contributed by atoms with E-state index in [1.54, 1.807) is 18.2 Å². The highest BCUT2D eigenvalue weighted by Gasteiger charge is 2.50. The van der Waals surface area contributed by atoms with E-state index in [2.05, 4.69) is 6.92 Å². The molecule has 0 spiro atoms. The second-order valence-corrected chi connectivity index (χ2v) is 8.75. The summed E-state index contributed by atoms with van der Waals surface area (Å²) >= 11 is 0. The first kappa shape index (κ1) is 22.0. The number of rotatable bonds is 11. The lowest BCUT2D eigenvalue weighted by molar-refractivity contribution is -0.127. The van der Waals surface area contributed by atoms with E-state index < -0.39 is 12.1 Å². The van der Waals surface area contributed by atoms with Crippen LogP contribution in [0, 0.1) is 17.8 Å². The van der Waals surface area contributed by atoms with Gasteiger partial charge >= 0.3 is 5.97 Å². The minimum Gasteiger partial charge on any atom is -0.478 e. The van der Waals surface area contributed by atoms with Crippen molar-refractivity contribution in [2.75, 3.05) is 0 Å². The number of aliphatic hydroxyl groups excluding tert-OH is 1. The summed E-state index contributed by atoms with van der Waals surface area (Å²) in [7, 11) is 0. The van der Waals surface area contributed by atoms with Crippen LogP contribution in [0.15, 0.2) is 24.3 Å². The molecule has 1 aromatic carbocycles. The quantitative estimate of drug-likeness (QED) is 0.528. The van der Waals surface area contributed by atoms with Gasteiger partial charge in [-0.1, -0.05) is 50.8 Å². The van der Waals surface area contributed by atoms with Crippen molar-refractivity contribution in [3.05, 3.63) is 35.4 Å². The highest BCUT2D eigenvalue weighted by atomic mass is 16.5. The van der Waals surface area contributed by atoms with Crippen LogP contribution in [-0.2, 0) is 16.1 Å². The van der Waals surface area contributed by atoms with E-state index >= 15 is 0 Å². The van der Waals surface area contributed by atoms with Gasteiger partial charge in [-0.05, 0) is 49.1 Å². The second-order valence-electron chi connectivity index (χ2n) is 8.75. The molecule has 2 aliphatic rings. The highest BCUT2D eigenvalue weighted by molar-refractivity contribution is 5.89. The van der Waals surface area contributed by atoms with Gasteiger partial charge in [0, 0.05) is 12.3 Å². The van der Waals surface area contributed by atoms with E-state index in [1.165, 1.54) is 19.3 Å². The predicted molar refractivity (Wildman–Crippen MR) is 111 cm³/mol. The summed E-state index contributed by atoms with van der Waals surface area (Å²) < 4.78 is 6.05. The summed E-state index contributed by atoms with van der Waals surface area (Å²) in [5, 5.41) is 19.8. The van der Waals surface area contributed by atoms with E-state index in [0.29, 0.717) is 24.3 Å². The van der Waals surface area contributed by atoms with E-state index in [-0.39, 0.29) is 35.9 Å². The average Bonchev–Trinajstić information content (AvgIpc) is 3.22. The van der Waals surface area contributed by atoms with Gasteiger partial charge < -0.3 is 14.9 Å². The zero-order valence-corrected chi connectivity index (χ0v) is 17.4. The van der Waals surface area contributed by atoms with E-state index in [4.69, 9.17) is 4.74 Å². The van der Waals surface area contributed by atoms with Gasteiger partial charge in [0.05, 0.1) is 24.4 Å². The van der Waals surface area contributed by atoms with Gasteiger partial charge in [-0.2, -0.15) is 0 Å². The number of fused-ring (bicyclic) bond motifs is 1. The summed E-state index contributed by atoms with van der Waals surface area (Å²) in [5.41, 5.74) is 0.953. The molecule has 5 nitrogen and oxygen atoms in total. The zero-order valence-electron chi connectivity index (χ0n) is 17.4. The lowest BCUT2D eigenvalue weighted by atomic mass is 9.86. The minimum atomic E-state index is -0.944. The van der Waals surface area contributed by atoms with Crippen LogP contribution in [0.4, 0.5) is 0 Å². The SMILES string of the molecule is CCCCCCCC(=O)[C@@H]1[C@@H]2C[C@@H](OCc3ccccc3C(=O)O)C[C@H]2C[C@H]1O. The van der Waals surface area contributed by atoms with E-state index in [9.17, 15) is 19.8 Å². The molecule has 29 heavy (non-hydrogen) atoms. The fraction of sp³-hybridized carbons (Fsp3) is 0.667. The molecule has 0 bridgehead atoms. The standard InChI is InChI=1S/C24H34O5/c1-2-3-4-5-6-11-21(25)23-20-14-18(12-17(20)13-22(23)26)29-15-16-9-7-8-10-19(16)24(27)28/h7-10,17-18,20,22-23,26H,2-6,11-15H2,1H3,(H,27,28)/t17-,18-,20+,22+,23-/m0/s1. The number of carboxylic acid groups (broad SMARTS) is 1. The lowest BCUT2D eigenvalue weighted by Crippen LogP contribution is -2.29. The molecular formula is C24H34O5. The van der Waals surface area contributed by atoms with Gasteiger partial charge in [0.25, 0.3) is 0 Å². The molecule has 0 unspecified atom stereocenters. The Morgan fingerprint density at radius 2 is 1.83 bits per heavy atom. The normalized spacial score (nSPS) is 28.4. The number of carbonyl (C=O) groups is 2. The third-order valence-corrected chi connectivity index (χ3v) is 6.75. The monoisotopic (exact) mass is 402 g/mol. The molecule has 0 aromatic heterocycles. The van der Waals surface area contributed by atoms with E-state index in [1.807, 2.05) is 6.07 Å². The lowest BCUT2D eigenvalue weighted by Gasteiger charge is -2.21. The van der Waals surface area contributed by atoms with Crippen molar-refractivity contribution in [2.45, 2.75) is 83.5 Å². The number of hydrogen-bond acceptors (Lipinski definition) is 4. The van der Waals surface area contributed by atoms with Crippen molar-refractivity contribution in [2.24, 2.45) is 17.8 Å². The molecule has 2 aliphatic carbocycles. The molecule has 5 atom stereocenters. The Kier molecular flexibility index (Phi) is 7.84. The Balaban J connectivity index is 1.51. The molecule has 0 heterocycles. The third-order valence-electron chi connectivity index (χ3n) is 6.75. The Morgan fingerprint density at radius 1 is 1.07 bits per heavy atom. The maximum Gasteiger partial charge on any atom is 0.336 e. The van der Waals surface area contributed by atoms with Gasteiger partial charge in [0.2, 0.25) is 0 Å². The summed E-state index contributed by atoms with van der Waals surface area (Å²) in [5.74, 6) is -0.434. The number of Topliss-reactive ketones (excluding diaryl/α,β-unsaturated/α-hetero) is 1. The van der Waals surface area contributed by atoms with Crippen LogP contribution in [-0.4, -0.2) is 34.2 Å². The van der Waals surface area contributed by atoms with Crippen LogP contribution in [0.2, 0.25) is 0 Å². The summed E-state index contributed by atoms with van der Waals surface area (Å²) in [6.07, 6.45) is 8.00. The smallest absolute Gasteiger partial charge is 0.336 e. The number of ketones is 1. The van der Waals surface area contributed by atoms with Crippen molar-refractivity contribution in [3.8, 4) is 0 Å². The van der Waals surface area contributed by atoms with Gasteiger partial charge in [-0.3, -0.25) is 4.79 Å². The van der Waals surface area contributed by atoms with Crippen LogP contribution in [0.1, 0.15) is 80.6 Å². The Bertz CT molecular complexity index is 700. The molecule has 0 amide bonds. The third kappa shape index (κ3) is 5.46. The van der Waals surface area contributed by atoms with Crippen molar-refractivity contribution in [1.82, 2.24) is 0 Å². The molecule has 2 saturated carbocycles. The molecular weight excluding hydrogens is 368 g/mol. The summed E-state index contributed by atoms with van der Waals surface area (Å²) in [6, 6.07) is 6.91. The van der Waals surface area contributed by atoms with Crippen molar-refractivity contribution >= 4 is 11.8 Å². The number of carboxylic acids is 1. The van der Waals surface area contributed by atoms with Crippen molar-refractivity contribution < 1.29 is 24.5 Å². The second kappa shape index (κ2) is 10.4. The van der Waals surface area contributed by atoms with Crippen LogP contribution in [0.3, 0.4) is 0 Å². The molecule has 1 aromatic rings. The van der Waals surface area contributed by atoms with Gasteiger partial charge in [-0.25, -0.2) is 4.79 Å². The van der Waals surface area contributed by atoms with Gasteiger partial charge in [-0.15, -0.1) is 0 Å². The molecule has 2 fully saturated rings. The summed E-state index contributed by atoms with van der Waals surface area (Å²) in [4.78, 5) is 24.1. The number of unbranched alkanes of at least 4 members (excludes halogenated alkanes) is 4. The number of benzene rings is 1. The van der Waals surface area contributed by atoms with Crippen LogP contribution in [0.25, 0.3) is 0 Å². The fourth-order valence-corrected chi connectivity index (χ4v) is 5.28. The Labute approximate surface area is 173 Å². The fourth-order valence-electron chi connectivity index (χ4n) is 5.28. The molecule has 2 N–H and O–H groups in total. The number of hydrogen-bond donors (Lipinski definition) is 2. The van der Waals surface area contributed by atoms with Crippen LogP contribution in [0.5, 0.6) is 0 Å². The first-order valence-electron chi connectivity index (χ1n) is 11.1. The van der Waals surface area contributed by atoms with Crippen molar-refractivity contribution in [1.29, 1.82) is 0 Å². The first-order valence-corrected chi connectivity index (χ1v) is 11.1. The van der Waals surface area contributed by atoms with Gasteiger partial charge in [0.15, 0.2) is 0 Å². The maximum atomic E-state index is 12.8. The zero-order chi connectivity index (χ0) is 20.8. The molecule has 0 saturated heterocycles. The largest absolute Gasteiger partial charge is 0.478 e. The van der Waals surface area contributed by atoms with Gasteiger partial charge in [0.1, 0.15) is 5.78 Å². The summed E-state index contributed by atoms with van der Waals surface area (Å²) in [6.45, 7) is 2.45. The number of carbonyl (C=O) groups excluding carboxylic acids is 1. The minimum absolute atomic E-state index is 0.0270. The van der Waals surface area contributed by atoms with Crippen LogP contribution < -0.4 is 0 Å². The highest BCUT2D eigenvalue weighted by Crippen LogP contribution is 2.49. The molecule has 160 valence electrons. The Hall–Kier alpha value is -1.72. The van der Waals surface area contributed by atoms with E-state index in [0.717, 1.165) is 25.7 Å². The maximum absolute atomic E-state index is 12.8. The average molecular weight is 403 g/mol. The number of aromatic carboxylic acids is 1. The van der Waals surface area contributed by atoms with Crippen molar-refractivity contribution in [3.63, 3.8) is 0 Å².